The van der Waals surface area contributed by atoms with E-state index in [0.29, 0.717) is 16.4 Å². The molecular formula is C12H8ClN3O. The second kappa shape index (κ2) is 3.75. The van der Waals surface area contributed by atoms with Gasteiger partial charge in [-0.1, -0.05) is 11.6 Å². The second-order valence-electron chi connectivity index (χ2n) is 3.64. The first-order chi connectivity index (χ1) is 8.24. The normalized spacial score (nSPS) is 10.9. The number of aromatic hydroxyl groups is 1. The minimum atomic E-state index is 0.0950. The number of fused-ring (bicyclic) bond motifs is 1. The number of H-pyrrole nitrogens is 1. The van der Waals surface area contributed by atoms with Gasteiger partial charge in [-0.05, 0) is 24.3 Å². The molecule has 0 spiro atoms. The number of nitrogens with one attached hydrogen (secondary N) is 1. The zero-order valence-corrected chi connectivity index (χ0v) is 9.44. The Morgan fingerprint density at radius 3 is 2.94 bits per heavy atom. The number of hydrogen-bond donors (Lipinski definition) is 2. The molecule has 0 aliphatic carbocycles. The summed E-state index contributed by atoms with van der Waals surface area (Å²) in [6.07, 6.45) is 2.99. The van der Waals surface area contributed by atoms with Crippen LogP contribution in [0.1, 0.15) is 0 Å². The van der Waals surface area contributed by atoms with E-state index < -0.39 is 0 Å². The molecule has 0 aliphatic heterocycles. The fourth-order valence-corrected chi connectivity index (χ4v) is 1.87. The van der Waals surface area contributed by atoms with Crippen molar-refractivity contribution in [1.29, 1.82) is 0 Å². The number of aromatic amines is 1. The molecule has 0 unspecified atom stereocenters. The molecule has 2 N–H and O–H groups in total. The first kappa shape index (κ1) is 10.1. The fraction of sp³-hybridized carbons (Fsp3) is 0. The van der Waals surface area contributed by atoms with E-state index in [1.165, 1.54) is 6.20 Å². The van der Waals surface area contributed by atoms with E-state index >= 15 is 0 Å². The summed E-state index contributed by atoms with van der Waals surface area (Å²) >= 11 is 5.90. The van der Waals surface area contributed by atoms with Crippen molar-refractivity contribution in [2.45, 2.75) is 0 Å². The van der Waals surface area contributed by atoms with E-state index in [-0.39, 0.29) is 5.75 Å². The molecule has 0 radical (unpaired) electrons. The minimum Gasteiger partial charge on any atom is -0.506 e. The average Bonchev–Trinajstić information content (AvgIpc) is 2.72. The molecule has 1 aromatic carbocycles. The van der Waals surface area contributed by atoms with Crippen LogP contribution < -0.4 is 0 Å². The van der Waals surface area contributed by atoms with Crippen LogP contribution in [-0.2, 0) is 0 Å². The molecular weight excluding hydrogens is 238 g/mol. The fourth-order valence-electron chi connectivity index (χ4n) is 1.70. The molecule has 0 atom stereocenters. The molecule has 3 aromatic rings. The van der Waals surface area contributed by atoms with Gasteiger partial charge in [-0.2, -0.15) is 0 Å². The van der Waals surface area contributed by atoms with E-state index in [0.717, 1.165) is 11.0 Å². The Labute approximate surface area is 102 Å². The largest absolute Gasteiger partial charge is 0.506 e. The summed E-state index contributed by atoms with van der Waals surface area (Å²) in [6.45, 7) is 0. The summed E-state index contributed by atoms with van der Waals surface area (Å²) in [5.74, 6) is 0.694. The highest BCUT2D eigenvalue weighted by atomic mass is 35.5. The van der Waals surface area contributed by atoms with Gasteiger partial charge in [-0.15, -0.1) is 0 Å². The third-order valence-corrected chi connectivity index (χ3v) is 2.73. The predicted octanol–water partition coefficient (Wildman–Crippen LogP) is 2.98. The number of benzene rings is 1. The van der Waals surface area contributed by atoms with Crippen LogP contribution in [0.3, 0.4) is 0 Å². The molecule has 0 saturated carbocycles. The second-order valence-corrected chi connectivity index (χ2v) is 4.08. The highest BCUT2D eigenvalue weighted by Gasteiger charge is 2.09. The molecule has 5 heteroatoms. The maximum absolute atomic E-state index is 9.70. The van der Waals surface area contributed by atoms with Crippen molar-refractivity contribution >= 4 is 22.6 Å². The van der Waals surface area contributed by atoms with Crippen molar-refractivity contribution in [3.63, 3.8) is 0 Å². The van der Waals surface area contributed by atoms with Crippen LogP contribution >= 0.6 is 11.6 Å². The maximum Gasteiger partial charge on any atom is 0.144 e. The Bertz CT molecular complexity index is 693. The molecule has 0 saturated heterocycles. The van der Waals surface area contributed by atoms with Gasteiger partial charge in [0, 0.05) is 11.2 Å². The summed E-state index contributed by atoms with van der Waals surface area (Å²) in [6, 6.07) is 7.11. The lowest BCUT2D eigenvalue weighted by atomic mass is 10.2. The molecule has 84 valence electrons. The van der Waals surface area contributed by atoms with Crippen LogP contribution in [0, 0.1) is 0 Å². The Balaban J connectivity index is 2.22. The molecule has 2 aromatic heterocycles. The van der Waals surface area contributed by atoms with Gasteiger partial charge in [0.1, 0.15) is 11.6 Å². The number of aromatic nitrogens is 3. The van der Waals surface area contributed by atoms with Crippen molar-refractivity contribution in [2.24, 2.45) is 0 Å². The Morgan fingerprint density at radius 1 is 1.24 bits per heavy atom. The van der Waals surface area contributed by atoms with Gasteiger partial charge in [-0.25, -0.2) is 4.98 Å². The molecule has 0 fully saturated rings. The van der Waals surface area contributed by atoms with Crippen LogP contribution in [0.4, 0.5) is 0 Å². The number of rotatable bonds is 1. The maximum atomic E-state index is 9.70. The van der Waals surface area contributed by atoms with Gasteiger partial charge in [0.25, 0.3) is 0 Å². The number of pyridine rings is 1. The van der Waals surface area contributed by atoms with Crippen molar-refractivity contribution in [3.05, 3.63) is 41.7 Å². The van der Waals surface area contributed by atoms with Gasteiger partial charge >= 0.3 is 0 Å². The molecule has 0 aliphatic rings. The average molecular weight is 246 g/mol. The minimum absolute atomic E-state index is 0.0950. The Kier molecular flexibility index (Phi) is 2.23. The van der Waals surface area contributed by atoms with Crippen molar-refractivity contribution in [3.8, 4) is 17.1 Å². The molecule has 0 amide bonds. The third kappa shape index (κ3) is 1.72. The van der Waals surface area contributed by atoms with E-state index in [1.54, 1.807) is 24.4 Å². The van der Waals surface area contributed by atoms with Crippen LogP contribution in [0.25, 0.3) is 22.4 Å². The molecule has 2 heterocycles. The summed E-state index contributed by atoms with van der Waals surface area (Å²) in [4.78, 5) is 11.3. The van der Waals surface area contributed by atoms with Gasteiger partial charge in [-0.3, -0.25) is 4.98 Å². The summed E-state index contributed by atoms with van der Waals surface area (Å²) in [5, 5.41) is 10.3. The Morgan fingerprint density at radius 2 is 2.12 bits per heavy atom. The van der Waals surface area contributed by atoms with Crippen molar-refractivity contribution < 1.29 is 5.11 Å². The number of nitrogens with zero attached hydrogens (tertiary/aromatic N) is 2. The van der Waals surface area contributed by atoms with Gasteiger partial charge in [0.15, 0.2) is 0 Å². The lowest BCUT2D eigenvalue weighted by Gasteiger charge is -1.98. The van der Waals surface area contributed by atoms with Gasteiger partial charge in [0.05, 0.1) is 22.8 Å². The number of halogens is 1. The lowest BCUT2D eigenvalue weighted by Crippen LogP contribution is -1.82. The van der Waals surface area contributed by atoms with E-state index in [1.807, 2.05) is 6.07 Å². The molecule has 3 rings (SSSR count). The number of hydrogen-bond acceptors (Lipinski definition) is 3. The van der Waals surface area contributed by atoms with Gasteiger partial charge in [0.2, 0.25) is 0 Å². The van der Waals surface area contributed by atoms with Crippen LogP contribution in [-0.4, -0.2) is 20.1 Å². The summed E-state index contributed by atoms with van der Waals surface area (Å²) in [7, 11) is 0. The molecule has 0 bridgehead atoms. The Hall–Kier alpha value is -2.07. The van der Waals surface area contributed by atoms with E-state index in [9.17, 15) is 5.11 Å². The zero-order chi connectivity index (χ0) is 11.8. The molecule has 17 heavy (non-hydrogen) atoms. The van der Waals surface area contributed by atoms with Crippen LogP contribution in [0.15, 0.2) is 36.7 Å². The molecule has 4 nitrogen and oxygen atoms in total. The quantitative estimate of drug-likeness (QED) is 0.693. The summed E-state index contributed by atoms with van der Waals surface area (Å²) < 4.78 is 0. The monoisotopic (exact) mass is 245 g/mol. The van der Waals surface area contributed by atoms with E-state index in [4.69, 9.17) is 11.6 Å². The highest BCUT2D eigenvalue weighted by Crippen LogP contribution is 2.28. The van der Waals surface area contributed by atoms with E-state index in [2.05, 4.69) is 15.0 Å². The lowest BCUT2D eigenvalue weighted by molar-refractivity contribution is 0.474. The topological polar surface area (TPSA) is 61.8 Å². The first-order valence-corrected chi connectivity index (χ1v) is 5.40. The first-order valence-electron chi connectivity index (χ1n) is 5.02. The van der Waals surface area contributed by atoms with Crippen LogP contribution in [0.5, 0.6) is 5.75 Å². The SMILES string of the molecule is Oc1cnccc1-c1nc2ccc(Cl)cc2[nH]1. The van der Waals surface area contributed by atoms with Crippen molar-refractivity contribution in [2.75, 3.05) is 0 Å². The standard InChI is InChI=1S/C12H8ClN3O/c13-7-1-2-9-10(5-7)16-12(15-9)8-3-4-14-6-11(8)17/h1-6,17H,(H,15,16). The van der Waals surface area contributed by atoms with Gasteiger partial charge < -0.3 is 10.1 Å². The smallest absolute Gasteiger partial charge is 0.144 e. The predicted molar refractivity (Wildman–Crippen MR) is 66.0 cm³/mol. The number of imidazole rings is 1. The highest BCUT2D eigenvalue weighted by molar-refractivity contribution is 6.31. The summed E-state index contributed by atoms with van der Waals surface area (Å²) in [5.41, 5.74) is 2.26. The van der Waals surface area contributed by atoms with Crippen LogP contribution in [0.2, 0.25) is 5.02 Å². The van der Waals surface area contributed by atoms with Crippen molar-refractivity contribution in [1.82, 2.24) is 15.0 Å². The third-order valence-electron chi connectivity index (χ3n) is 2.50. The zero-order valence-electron chi connectivity index (χ0n) is 8.68.